The first kappa shape index (κ1) is 22.8. The van der Waals surface area contributed by atoms with Crippen molar-refractivity contribution < 1.29 is 25.5 Å². The fourth-order valence-corrected chi connectivity index (χ4v) is 3.80. The molecule has 4 rings (SSSR count). The van der Waals surface area contributed by atoms with Crippen molar-refractivity contribution in [2.45, 2.75) is 30.8 Å². The molecule has 0 aliphatic rings. The maximum atomic E-state index is 10.7. The Kier molecular flexibility index (Phi) is 6.59. The van der Waals surface area contributed by atoms with Crippen molar-refractivity contribution in [2.24, 2.45) is 0 Å². The van der Waals surface area contributed by atoms with Gasteiger partial charge in [0.2, 0.25) is 0 Å². The van der Waals surface area contributed by atoms with E-state index in [0.717, 1.165) is 5.56 Å². The molecule has 0 fully saturated rings. The van der Waals surface area contributed by atoms with Crippen molar-refractivity contribution in [3.05, 3.63) is 69.6 Å². The molecule has 9 nitrogen and oxygen atoms in total. The van der Waals surface area contributed by atoms with Gasteiger partial charge < -0.3 is 25.5 Å². The maximum absolute atomic E-state index is 10.7. The summed E-state index contributed by atoms with van der Waals surface area (Å²) in [7, 11) is 0. The van der Waals surface area contributed by atoms with Crippen LogP contribution in [-0.4, -0.2) is 70.0 Å². The van der Waals surface area contributed by atoms with E-state index in [1.807, 2.05) is 30.3 Å². The van der Waals surface area contributed by atoms with Crippen LogP contribution in [0.3, 0.4) is 0 Å². The number of nitrogens with zero attached hydrogens (tertiary/aromatic N) is 4. The first-order chi connectivity index (χ1) is 15.3. The molecule has 168 valence electrons. The van der Waals surface area contributed by atoms with Gasteiger partial charge in [-0.15, -0.1) is 10.2 Å². The third-order valence-electron chi connectivity index (χ3n) is 5.19. The van der Waals surface area contributed by atoms with E-state index in [0.29, 0.717) is 28.8 Å². The molecule has 4 atom stereocenters. The van der Waals surface area contributed by atoms with E-state index in [2.05, 4.69) is 15.2 Å². The van der Waals surface area contributed by atoms with Crippen LogP contribution >= 0.6 is 23.2 Å². The van der Waals surface area contributed by atoms with Crippen LogP contribution in [0, 0.1) is 0 Å². The lowest BCUT2D eigenvalue weighted by molar-refractivity contribution is -0.118. The van der Waals surface area contributed by atoms with Crippen molar-refractivity contribution >= 4 is 39.9 Å². The molecule has 5 N–H and O–H groups in total. The average molecular weight is 479 g/mol. The Morgan fingerprint density at radius 3 is 2.28 bits per heavy atom. The van der Waals surface area contributed by atoms with Gasteiger partial charge in [-0.2, -0.15) is 0 Å². The normalized spacial score (nSPS) is 15.7. The third-order valence-corrected chi connectivity index (χ3v) is 5.92. The number of benzene rings is 2. The lowest BCUT2D eigenvalue weighted by Gasteiger charge is -2.24. The summed E-state index contributed by atoms with van der Waals surface area (Å²) in [6.07, 6.45) is -6.67. The largest absolute Gasteiger partial charge is 0.394 e. The Labute approximate surface area is 192 Å². The summed E-state index contributed by atoms with van der Waals surface area (Å²) in [5, 5.41) is 58.6. The minimum absolute atomic E-state index is 0.100. The second-order valence-corrected chi connectivity index (χ2v) is 8.18. The van der Waals surface area contributed by atoms with E-state index in [1.54, 1.807) is 6.07 Å². The topological polar surface area (TPSA) is 144 Å². The van der Waals surface area contributed by atoms with E-state index >= 15 is 0 Å². The predicted octanol–water partition coefficient (Wildman–Crippen LogP) is 1.28. The molecule has 1 unspecified atom stereocenters. The highest BCUT2D eigenvalue weighted by atomic mass is 35.5. The Morgan fingerprint density at radius 2 is 1.59 bits per heavy atom. The number of aliphatic hydroxyl groups excluding tert-OH is 5. The molecule has 0 amide bonds. The van der Waals surface area contributed by atoms with Gasteiger partial charge in [-0.3, -0.25) is 4.40 Å². The zero-order valence-electron chi connectivity index (χ0n) is 16.5. The summed E-state index contributed by atoms with van der Waals surface area (Å²) in [6, 6.07) is 12.7. The van der Waals surface area contributed by atoms with E-state index in [9.17, 15) is 20.4 Å². The van der Waals surface area contributed by atoms with Gasteiger partial charge in [0.15, 0.2) is 11.5 Å². The van der Waals surface area contributed by atoms with Crippen LogP contribution in [0.4, 0.5) is 0 Å². The monoisotopic (exact) mass is 478 g/mol. The molecule has 32 heavy (non-hydrogen) atoms. The number of hydrogen-bond donors (Lipinski definition) is 5. The highest BCUT2D eigenvalue weighted by Gasteiger charge is 2.34. The van der Waals surface area contributed by atoms with Gasteiger partial charge in [0.05, 0.1) is 33.4 Å². The van der Waals surface area contributed by atoms with Crippen LogP contribution in [-0.2, 0) is 6.42 Å². The number of rotatable bonds is 7. The molecule has 2 aromatic heterocycles. The number of aliphatic hydroxyl groups is 5. The number of hydrogen-bond acceptors (Lipinski definition) is 8. The van der Waals surface area contributed by atoms with Gasteiger partial charge >= 0.3 is 0 Å². The maximum Gasteiger partial charge on any atom is 0.183 e. The number of fused-ring (bicyclic) bond motifs is 3. The van der Waals surface area contributed by atoms with Crippen LogP contribution in [0.2, 0.25) is 10.0 Å². The third kappa shape index (κ3) is 4.16. The molecule has 2 aromatic carbocycles. The molecule has 0 radical (unpaired) electrons. The smallest absolute Gasteiger partial charge is 0.183 e. The van der Waals surface area contributed by atoms with Gasteiger partial charge in [0, 0.05) is 6.42 Å². The Bertz CT molecular complexity index is 1250. The fraction of sp³-hybridized carbons (Fsp3) is 0.286. The van der Waals surface area contributed by atoms with Crippen molar-refractivity contribution in [1.82, 2.24) is 19.6 Å². The molecular weight excluding hydrogens is 459 g/mol. The van der Waals surface area contributed by atoms with Gasteiger partial charge in [-0.05, 0) is 17.7 Å². The fourth-order valence-electron chi connectivity index (χ4n) is 3.49. The highest BCUT2D eigenvalue weighted by molar-refractivity contribution is 6.42. The molecule has 0 saturated carbocycles. The Morgan fingerprint density at radius 1 is 0.906 bits per heavy atom. The van der Waals surface area contributed by atoms with Crippen molar-refractivity contribution in [1.29, 1.82) is 0 Å². The summed E-state index contributed by atoms with van der Waals surface area (Å²) in [5.74, 6) is -0.100. The standard InChI is InChI=1S/C21H20Cl2N4O5/c22-11-7-13-15(8-12(11)23)27-20(14(24-13)6-10-4-2-1-3-5-10)25-26-21(27)19(32)18(31)17(30)16(29)9-28/h1-5,7-8,16-19,28-32H,6,9H2/t16-,17-,18+,19?/m1/s1. The van der Waals surface area contributed by atoms with Gasteiger partial charge in [-0.25, -0.2) is 4.98 Å². The summed E-state index contributed by atoms with van der Waals surface area (Å²) >= 11 is 12.4. The first-order valence-corrected chi connectivity index (χ1v) is 10.5. The zero-order valence-corrected chi connectivity index (χ0v) is 18.1. The van der Waals surface area contributed by atoms with Crippen LogP contribution in [0.1, 0.15) is 23.2 Å². The molecule has 0 saturated heterocycles. The van der Waals surface area contributed by atoms with Gasteiger partial charge in [-0.1, -0.05) is 53.5 Å². The predicted molar refractivity (Wildman–Crippen MR) is 118 cm³/mol. The van der Waals surface area contributed by atoms with Crippen LogP contribution in [0.25, 0.3) is 16.7 Å². The SMILES string of the molecule is OC[C@@H](O)[C@@H](O)[C@H](O)C(O)c1nnc2c(Cc3ccccc3)nc3cc(Cl)c(Cl)cc3n12. The van der Waals surface area contributed by atoms with E-state index in [1.165, 1.54) is 10.5 Å². The second-order valence-electron chi connectivity index (χ2n) is 7.37. The van der Waals surface area contributed by atoms with Crippen LogP contribution in [0.5, 0.6) is 0 Å². The Balaban J connectivity index is 1.90. The molecule has 0 spiro atoms. The summed E-state index contributed by atoms with van der Waals surface area (Å²) in [4.78, 5) is 4.66. The van der Waals surface area contributed by atoms with Crippen molar-refractivity contribution in [2.75, 3.05) is 6.61 Å². The quantitative estimate of drug-likeness (QED) is 0.267. The minimum Gasteiger partial charge on any atom is -0.394 e. The highest BCUT2D eigenvalue weighted by Crippen LogP contribution is 2.31. The summed E-state index contributed by atoms with van der Waals surface area (Å²) < 4.78 is 1.48. The van der Waals surface area contributed by atoms with Crippen LogP contribution < -0.4 is 0 Å². The van der Waals surface area contributed by atoms with Crippen molar-refractivity contribution in [3.63, 3.8) is 0 Å². The molecule has 11 heteroatoms. The zero-order chi connectivity index (χ0) is 23.0. The average Bonchev–Trinajstić information content (AvgIpc) is 3.25. The van der Waals surface area contributed by atoms with E-state index < -0.39 is 31.0 Å². The number of aromatic nitrogens is 4. The molecule has 0 aliphatic heterocycles. The Hall–Kier alpha value is -2.37. The minimum atomic E-state index is -1.85. The first-order valence-electron chi connectivity index (χ1n) is 9.71. The molecule has 0 aliphatic carbocycles. The van der Waals surface area contributed by atoms with E-state index in [-0.39, 0.29) is 15.9 Å². The summed E-state index contributed by atoms with van der Waals surface area (Å²) in [5.41, 5.74) is 2.70. The van der Waals surface area contributed by atoms with Gasteiger partial charge in [0.1, 0.15) is 24.4 Å². The van der Waals surface area contributed by atoms with Crippen LogP contribution in [0.15, 0.2) is 42.5 Å². The summed E-state index contributed by atoms with van der Waals surface area (Å²) in [6.45, 7) is -0.798. The molecule has 4 aromatic rings. The number of halogens is 2. The molecular formula is C21H20Cl2N4O5. The molecule has 0 bridgehead atoms. The second kappa shape index (κ2) is 9.24. The van der Waals surface area contributed by atoms with Gasteiger partial charge in [0.25, 0.3) is 0 Å². The molecule has 2 heterocycles. The van der Waals surface area contributed by atoms with E-state index in [4.69, 9.17) is 28.3 Å². The lowest BCUT2D eigenvalue weighted by atomic mass is 10.0. The van der Waals surface area contributed by atoms with Crippen molar-refractivity contribution in [3.8, 4) is 0 Å². The lowest BCUT2D eigenvalue weighted by Crippen LogP contribution is -2.43.